The molecule has 0 bridgehead atoms. The first kappa shape index (κ1) is 11.2. The number of halogens is 3. The summed E-state index contributed by atoms with van der Waals surface area (Å²) in [4.78, 5) is 11.8. The second-order valence-electron chi connectivity index (χ2n) is 4.24. The molecular weight excluding hydrogens is 217 g/mol. The van der Waals surface area contributed by atoms with E-state index in [0.29, 0.717) is 12.1 Å². The number of hydrogen-bond donors (Lipinski definition) is 0. The van der Waals surface area contributed by atoms with E-state index in [0.717, 1.165) is 12.8 Å². The van der Waals surface area contributed by atoms with Crippen LogP contribution in [-0.4, -0.2) is 5.78 Å². The van der Waals surface area contributed by atoms with E-state index < -0.39 is 23.2 Å². The average Bonchev–Trinajstić information content (AvgIpc) is 3.05. The third-order valence-corrected chi connectivity index (χ3v) is 3.02. The van der Waals surface area contributed by atoms with Crippen molar-refractivity contribution in [1.82, 2.24) is 0 Å². The Morgan fingerprint density at radius 3 is 2.31 bits per heavy atom. The van der Waals surface area contributed by atoms with Crippen molar-refractivity contribution in [2.75, 3.05) is 0 Å². The molecule has 1 nitrogen and oxygen atoms in total. The highest BCUT2D eigenvalue weighted by molar-refractivity contribution is 5.98. The van der Waals surface area contributed by atoms with Gasteiger partial charge in [0.05, 0.1) is 5.56 Å². The molecule has 1 aromatic rings. The van der Waals surface area contributed by atoms with Crippen LogP contribution in [-0.2, 0) is 0 Å². The topological polar surface area (TPSA) is 17.1 Å². The van der Waals surface area contributed by atoms with Crippen LogP contribution in [0.2, 0.25) is 0 Å². The van der Waals surface area contributed by atoms with E-state index in [2.05, 4.69) is 0 Å². The van der Waals surface area contributed by atoms with E-state index in [-0.39, 0.29) is 17.4 Å². The second kappa shape index (κ2) is 3.92. The van der Waals surface area contributed by atoms with Crippen molar-refractivity contribution in [1.29, 1.82) is 0 Å². The molecule has 1 aromatic carbocycles. The van der Waals surface area contributed by atoms with Crippen molar-refractivity contribution in [3.63, 3.8) is 0 Å². The van der Waals surface area contributed by atoms with Crippen LogP contribution in [0, 0.1) is 29.3 Å². The second-order valence-corrected chi connectivity index (χ2v) is 4.24. The van der Waals surface area contributed by atoms with E-state index in [1.165, 1.54) is 0 Å². The van der Waals surface area contributed by atoms with Gasteiger partial charge < -0.3 is 0 Å². The largest absolute Gasteiger partial charge is 0.294 e. The molecular formula is C12H11F3O. The summed E-state index contributed by atoms with van der Waals surface area (Å²) < 4.78 is 38.9. The molecule has 1 saturated carbocycles. The Hall–Kier alpha value is -1.32. The summed E-state index contributed by atoms with van der Waals surface area (Å²) in [6, 6.07) is 1.06. The fourth-order valence-electron chi connectivity index (χ4n) is 1.77. The molecule has 1 fully saturated rings. The minimum Gasteiger partial charge on any atom is -0.294 e. The third-order valence-electron chi connectivity index (χ3n) is 3.02. The van der Waals surface area contributed by atoms with Crippen molar-refractivity contribution in [2.24, 2.45) is 11.8 Å². The first-order valence-corrected chi connectivity index (χ1v) is 5.19. The molecule has 0 saturated heterocycles. The van der Waals surface area contributed by atoms with Gasteiger partial charge >= 0.3 is 0 Å². The average molecular weight is 228 g/mol. The van der Waals surface area contributed by atoms with Gasteiger partial charge in [-0.2, -0.15) is 0 Å². The van der Waals surface area contributed by atoms with Gasteiger partial charge in [0.1, 0.15) is 5.82 Å². The van der Waals surface area contributed by atoms with E-state index >= 15 is 0 Å². The lowest BCUT2D eigenvalue weighted by atomic mass is 9.94. The molecule has 1 atom stereocenters. The highest BCUT2D eigenvalue weighted by Gasteiger charge is 2.34. The lowest BCUT2D eigenvalue weighted by Gasteiger charge is -2.09. The summed E-state index contributed by atoms with van der Waals surface area (Å²) in [7, 11) is 0. The smallest absolute Gasteiger partial charge is 0.168 e. The number of ketones is 1. The Morgan fingerprint density at radius 2 is 1.75 bits per heavy atom. The molecule has 0 amide bonds. The van der Waals surface area contributed by atoms with Crippen molar-refractivity contribution in [3.05, 3.63) is 35.1 Å². The van der Waals surface area contributed by atoms with Gasteiger partial charge in [0.25, 0.3) is 0 Å². The molecule has 1 aliphatic carbocycles. The minimum atomic E-state index is -1.27. The summed E-state index contributed by atoms with van der Waals surface area (Å²) in [6.45, 7) is 1.70. The van der Waals surface area contributed by atoms with Crippen molar-refractivity contribution in [3.8, 4) is 0 Å². The van der Waals surface area contributed by atoms with Crippen LogP contribution in [0.3, 0.4) is 0 Å². The van der Waals surface area contributed by atoms with Crippen LogP contribution in [0.1, 0.15) is 30.1 Å². The summed E-state index contributed by atoms with van der Waals surface area (Å²) in [5.41, 5.74) is -0.349. The van der Waals surface area contributed by atoms with Crippen molar-refractivity contribution >= 4 is 5.78 Å². The molecule has 1 aliphatic rings. The van der Waals surface area contributed by atoms with Gasteiger partial charge in [0, 0.05) is 12.0 Å². The summed E-state index contributed by atoms with van der Waals surface area (Å²) in [5.74, 6) is -3.95. The fraction of sp³-hybridized carbons (Fsp3) is 0.417. The van der Waals surface area contributed by atoms with Crippen LogP contribution in [0.15, 0.2) is 12.1 Å². The predicted octanol–water partition coefficient (Wildman–Crippen LogP) is 3.33. The molecule has 0 radical (unpaired) electrons. The molecule has 0 aromatic heterocycles. The van der Waals surface area contributed by atoms with Crippen molar-refractivity contribution < 1.29 is 18.0 Å². The maximum absolute atomic E-state index is 13.3. The number of carbonyl (C=O) groups is 1. The molecule has 0 heterocycles. The predicted molar refractivity (Wildman–Crippen MR) is 52.5 cm³/mol. The Kier molecular flexibility index (Phi) is 2.74. The van der Waals surface area contributed by atoms with Crippen LogP contribution < -0.4 is 0 Å². The lowest BCUT2D eigenvalue weighted by molar-refractivity contribution is 0.0911. The SMILES string of the molecule is CC(C(=O)c1cc(F)c(F)cc1F)C1CC1. The van der Waals surface area contributed by atoms with E-state index in [9.17, 15) is 18.0 Å². The Morgan fingerprint density at radius 1 is 1.19 bits per heavy atom. The zero-order valence-corrected chi connectivity index (χ0v) is 8.77. The molecule has 0 spiro atoms. The molecule has 4 heteroatoms. The van der Waals surface area contributed by atoms with Gasteiger partial charge in [-0.25, -0.2) is 13.2 Å². The molecule has 16 heavy (non-hydrogen) atoms. The third kappa shape index (κ3) is 1.96. The lowest BCUT2D eigenvalue weighted by Crippen LogP contribution is -2.15. The molecule has 0 N–H and O–H groups in total. The molecule has 86 valence electrons. The Bertz CT molecular complexity index is 438. The number of Topliss-reactive ketones (excluding diaryl/α,β-unsaturated/α-hetero) is 1. The summed E-state index contributed by atoms with van der Waals surface area (Å²) >= 11 is 0. The maximum atomic E-state index is 13.3. The summed E-state index contributed by atoms with van der Waals surface area (Å²) in [5, 5.41) is 0. The molecule has 0 aliphatic heterocycles. The van der Waals surface area contributed by atoms with E-state index in [1.54, 1.807) is 6.92 Å². The van der Waals surface area contributed by atoms with Gasteiger partial charge in [-0.05, 0) is 24.8 Å². The standard InChI is InChI=1S/C12H11F3O/c1-6(7-2-3-7)12(16)8-4-10(14)11(15)5-9(8)13/h4-7H,2-3H2,1H3. The Balaban J connectivity index is 2.32. The highest BCUT2D eigenvalue weighted by Crippen LogP contribution is 2.38. The highest BCUT2D eigenvalue weighted by atomic mass is 19.2. The maximum Gasteiger partial charge on any atom is 0.168 e. The van der Waals surface area contributed by atoms with Crippen LogP contribution >= 0.6 is 0 Å². The van der Waals surface area contributed by atoms with Crippen LogP contribution in [0.4, 0.5) is 13.2 Å². The van der Waals surface area contributed by atoms with Gasteiger partial charge in [-0.1, -0.05) is 6.92 Å². The number of carbonyl (C=O) groups excluding carboxylic acids is 1. The van der Waals surface area contributed by atoms with E-state index in [4.69, 9.17) is 0 Å². The Labute approximate surface area is 91.3 Å². The zero-order chi connectivity index (χ0) is 11.9. The number of rotatable bonds is 3. The monoisotopic (exact) mass is 228 g/mol. The van der Waals surface area contributed by atoms with E-state index in [1.807, 2.05) is 0 Å². The number of hydrogen-bond acceptors (Lipinski definition) is 1. The van der Waals surface area contributed by atoms with Crippen molar-refractivity contribution in [2.45, 2.75) is 19.8 Å². The zero-order valence-electron chi connectivity index (χ0n) is 8.77. The number of benzene rings is 1. The van der Waals surface area contributed by atoms with Crippen LogP contribution in [0.25, 0.3) is 0 Å². The summed E-state index contributed by atoms with van der Waals surface area (Å²) in [6.07, 6.45) is 1.89. The van der Waals surface area contributed by atoms with Gasteiger partial charge in [0.2, 0.25) is 0 Å². The van der Waals surface area contributed by atoms with Gasteiger partial charge in [0.15, 0.2) is 17.4 Å². The first-order valence-electron chi connectivity index (χ1n) is 5.19. The molecule has 1 unspecified atom stereocenters. The van der Waals surface area contributed by atoms with Gasteiger partial charge in [-0.15, -0.1) is 0 Å². The molecule has 2 rings (SSSR count). The van der Waals surface area contributed by atoms with Gasteiger partial charge in [-0.3, -0.25) is 4.79 Å². The quantitative estimate of drug-likeness (QED) is 0.572. The fourth-order valence-corrected chi connectivity index (χ4v) is 1.77. The first-order chi connectivity index (χ1) is 7.50. The normalized spacial score (nSPS) is 17.2. The van der Waals surface area contributed by atoms with Crippen LogP contribution in [0.5, 0.6) is 0 Å². The minimum absolute atomic E-state index is 0.264.